The van der Waals surface area contributed by atoms with E-state index in [1.807, 2.05) is 0 Å². The standard InChI is InChI=1S/C32H38N2O/c1-23(2)29-15-10-16-30(24(3)4)32(29)33-31(35)19-20-34(28-13-6-5-7-14-28)22-25-17-18-26-11-8-9-12-27(26)21-25/h5-6,8-13,15-18,21,23-24H,7,14,19-20,22H2,1-4H3,(H,33,35). The van der Waals surface area contributed by atoms with E-state index >= 15 is 0 Å². The number of fused-ring (bicyclic) bond motifs is 1. The van der Waals surface area contributed by atoms with E-state index in [1.54, 1.807) is 0 Å². The molecule has 0 bridgehead atoms. The van der Waals surface area contributed by atoms with Gasteiger partial charge in [0.05, 0.1) is 0 Å². The molecular formula is C32H38N2O. The fraction of sp³-hybridized carbons (Fsp3) is 0.344. The van der Waals surface area contributed by atoms with Crippen molar-refractivity contribution < 1.29 is 4.79 Å². The van der Waals surface area contributed by atoms with E-state index in [0.29, 0.717) is 24.8 Å². The Morgan fingerprint density at radius 3 is 2.29 bits per heavy atom. The van der Waals surface area contributed by atoms with E-state index in [4.69, 9.17) is 0 Å². The van der Waals surface area contributed by atoms with Crippen molar-refractivity contribution in [1.82, 2.24) is 4.90 Å². The molecule has 0 fully saturated rings. The van der Waals surface area contributed by atoms with Gasteiger partial charge in [-0.25, -0.2) is 0 Å². The first-order valence-corrected chi connectivity index (χ1v) is 12.9. The second-order valence-corrected chi connectivity index (χ2v) is 10.1. The third kappa shape index (κ3) is 6.22. The Bertz CT molecular complexity index is 1210. The Labute approximate surface area is 210 Å². The topological polar surface area (TPSA) is 32.3 Å². The first kappa shape index (κ1) is 24.8. The number of nitrogens with one attached hydrogen (secondary N) is 1. The summed E-state index contributed by atoms with van der Waals surface area (Å²) in [7, 11) is 0. The molecule has 0 spiro atoms. The van der Waals surface area contributed by atoms with Crippen molar-refractivity contribution in [3.05, 3.63) is 101 Å². The predicted molar refractivity (Wildman–Crippen MR) is 149 cm³/mol. The van der Waals surface area contributed by atoms with E-state index < -0.39 is 0 Å². The maximum absolute atomic E-state index is 13.2. The summed E-state index contributed by atoms with van der Waals surface area (Å²) in [5.74, 6) is 0.788. The van der Waals surface area contributed by atoms with Gasteiger partial charge in [0.2, 0.25) is 5.91 Å². The first-order chi connectivity index (χ1) is 16.9. The molecule has 3 nitrogen and oxygen atoms in total. The molecule has 3 aromatic carbocycles. The molecule has 0 heterocycles. The number of anilines is 1. The van der Waals surface area contributed by atoms with Crippen molar-refractivity contribution in [3.8, 4) is 0 Å². The summed E-state index contributed by atoms with van der Waals surface area (Å²) in [6.45, 7) is 10.2. The van der Waals surface area contributed by atoms with Gasteiger partial charge in [0.15, 0.2) is 0 Å². The van der Waals surface area contributed by atoms with E-state index in [0.717, 1.165) is 25.1 Å². The summed E-state index contributed by atoms with van der Waals surface area (Å²) in [6, 6.07) is 21.5. The summed E-state index contributed by atoms with van der Waals surface area (Å²) < 4.78 is 0. The second-order valence-electron chi connectivity index (χ2n) is 10.1. The van der Waals surface area contributed by atoms with Gasteiger partial charge < -0.3 is 10.2 Å². The second kappa shape index (κ2) is 11.4. The van der Waals surface area contributed by atoms with E-state index in [9.17, 15) is 4.79 Å². The van der Waals surface area contributed by atoms with Gasteiger partial charge in [0.1, 0.15) is 0 Å². The van der Waals surface area contributed by atoms with Crippen LogP contribution in [-0.4, -0.2) is 17.4 Å². The van der Waals surface area contributed by atoms with Crippen LogP contribution in [0.1, 0.15) is 75.5 Å². The summed E-state index contributed by atoms with van der Waals surface area (Å²) in [4.78, 5) is 15.6. The highest BCUT2D eigenvalue weighted by Gasteiger charge is 2.18. The third-order valence-corrected chi connectivity index (χ3v) is 6.83. The lowest BCUT2D eigenvalue weighted by Crippen LogP contribution is -2.28. The monoisotopic (exact) mass is 466 g/mol. The van der Waals surface area contributed by atoms with Gasteiger partial charge >= 0.3 is 0 Å². The quantitative estimate of drug-likeness (QED) is 0.345. The number of rotatable bonds is 9. The molecule has 0 saturated carbocycles. The number of nitrogens with zero attached hydrogens (tertiary/aromatic N) is 1. The smallest absolute Gasteiger partial charge is 0.226 e. The highest BCUT2D eigenvalue weighted by Crippen LogP contribution is 2.32. The van der Waals surface area contributed by atoms with Crippen molar-refractivity contribution in [2.45, 2.75) is 65.3 Å². The Morgan fingerprint density at radius 1 is 0.914 bits per heavy atom. The molecule has 3 heteroatoms. The van der Waals surface area contributed by atoms with Gasteiger partial charge in [-0.15, -0.1) is 0 Å². The molecule has 3 aromatic rings. The molecule has 1 aliphatic carbocycles. The van der Waals surface area contributed by atoms with Gasteiger partial charge in [-0.1, -0.05) is 94.4 Å². The molecule has 0 aromatic heterocycles. The minimum Gasteiger partial charge on any atom is -0.370 e. The van der Waals surface area contributed by atoms with Crippen molar-refractivity contribution in [2.24, 2.45) is 0 Å². The van der Waals surface area contributed by atoms with Crippen LogP contribution in [0, 0.1) is 0 Å². The van der Waals surface area contributed by atoms with Gasteiger partial charge in [-0.3, -0.25) is 4.79 Å². The average Bonchev–Trinajstić information content (AvgIpc) is 2.86. The fourth-order valence-electron chi connectivity index (χ4n) is 4.87. The minimum atomic E-state index is 0.0791. The lowest BCUT2D eigenvalue weighted by atomic mass is 9.92. The zero-order valence-corrected chi connectivity index (χ0v) is 21.6. The largest absolute Gasteiger partial charge is 0.370 e. The van der Waals surface area contributed by atoms with Crippen LogP contribution in [0.25, 0.3) is 10.8 Å². The SMILES string of the molecule is CC(C)c1cccc(C(C)C)c1NC(=O)CCN(Cc1ccc2ccccc2c1)C1=CC=CCC1. The lowest BCUT2D eigenvalue weighted by molar-refractivity contribution is -0.116. The molecule has 1 amide bonds. The van der Waals surface area contributed by atoms with Crippen LogP contribution in [0.15, 0.2) is 84.6 Å². The number of allylic oxidation sites excluding steroid dienone is 4. The third-order valence-electron chi connectivity index (χ3n) is 6.83. The van der Waals surface area contributed by atoms with Crippen LogP contribution >= 0.6 is 0 Å². The highest BCUT2D eigenvalue weighted by atomic mass is 16.1. The lowest BCUT2D eigenvalue weighted by Gasteiger charge is -2.29. The van der Waals surface area contributed by atoms with Crippen molar-refractivity contribution in [1.29, 1.82) is 0 Å². The Hall–Kier alpha value is -3.33. The Balaban J connectivity index is 1.51. The number of amides is 1. The van der Waals surface area contributed by atoms with Gasteiger partial charge in [-0.05, 0) is 64.3 Å². The molecular weight excluding hydrogens is 428 g/mol. The van der Waals surface area contributed by atoms with Crippen LogP contribution < -0.4 is 5.32 Å². The van der Waals surface area contributed by atoms with Gasteiger partial charge in [0, 0.05) is 30.9 Å². The molecule has 0 saturated heterocycles. The minimum absolute atomic E-state index is 0.0791. The maximum atomic E-state index is 13.2. The molecule has 1 aliphatic rings. The molecule has 35 heavy (non-hydrogen) atoms. The number of hydrogen-bond acceptors (Lipinski definition) is 2. The molecule has 4 rings (SSSR count). The highest BCUT2D eigenvalue weighted by molar-refractivity contribution is 5.92. The van der Waals surface area contributed by atoms with Crippen LogP contribution in [0.2, 0.25) is 0 Å². The van der Waals surface area contributed by atoms with Gasteiger partial charge in [0.25, 0.3) is 0 Å². The van der Waals surface area contributed by atoms with Crippen molar-refractivity contribution in [2.75, 3.05) is 11.9 Å². The van der Waals surface area contributed by atoms with Crippen LogP contribution in [0.5, 0.6) is 0 Å². The zero-order valence-electron chi connectivity index (χ0n) is 21.6. The van der Waals surface area contributed by atoms with Crippen molar-refractivity contribution >= 4 is 22.4 Å². The van der Waals surface area contributed by atoms with Crippen LogP contribution in [0.3, 0.4) is 0 Å². The summed E-state index contributed by atoms with van der Waals surface area (Å²) in [5.41, 5.74) is 5.99. The van der Waals surface area contributed by atoms with Crippen LogP contribution in [0.4, 0.5) is 5.69 Å². The van der Waals surface area contributed by atoms with Gasteiger partial charge in [-0.2, -0.15) is 0 Å². The number of carbonyl (C=O) groups excluding carboxylic acids is 1. The molecule has 1 N–H and O–H groups in total. The molecule has 0 atom stereocenters. The number of carbonyl (C=O) groups is 1. The van der Waals surface area contributed by atoms with Crippen LogP contribution in [-0.2, 0) is 11.3 Å². The molecule has 0 unspecified atom stereocenters. The average molecular weight is 467 g/mol. The summed E-state index contributed by atoms with van der Waals surface area (Å²) in [6.07, 6.45) is 9.07. The molecule has 0 radical (unpaired) electrons. The van der Waals surface area contributed by atoms with Crippen molar-refractivity contribution in [3.63, 3.8) is 0 Å². The number of benzene rings is 3. The number of para-hydroxylation sites is 1. The molecule has 182 valence electrons. The molecule has 0 aliphatic heterocycles. The Kier molecular flexibility index (Phi) is 8.07. The summed E-state index contributed by atoms with van der Waals surface area (Å²) >= 11 is 0. The van der Waals surface area contributed by atoms with E-state index in [2.05, 4.69) is 117 Å². The number of hydrogen-bond donors (Lipinski definition) is 1. The first-order valence-electron chi connectivity index (χ1n) is 12.9. The Morgan fingerprint density at radius 2 is 1.63 bits per heavy atom. The fourth-order valence-corrected chi connectivity index (χ4v) is 4.87. The normalized spacial score (nSPS) is 13.4. The summed E-state index contributed by atoms with van der Waals surface area (Å²) in [5, 5.41) is 5.80. The van der Waals surface area contributed by atoms with E-state index in [1.165, 1.54) is 33.2 Å². The maximum Gasteiger partial charge on any atom is 0.226 e. The predicted octanol–water partition coefficient (Wildman–Crippen LogP) is 8.15. The van der Waals surface area contributed by atoms with E-state index in [-0.39, 0.29) is 5.91 Å². The zero-order chi connectivity index (χ0) is 24.8.